The van der Waals surface area contributed by atoms with E-state index >= 15 is 0 Å². The van der Waals surface area contributed by atoms with Crippen molar-refractivity contribution in [1.82, 2.24) is 29.9 Å². The lowest BCUT2D eigenvalue weighted by atomic mass is 9.92. The molecule has 100 heavy (non-hydrogen) atoms. The summed E-state index contributed by atoms with van der Waals surface area (Å²) in [6, 6.07) is 124. The average molecular weight is 1270 g/mol. The standard InChI is InChI=1S/2C47H29N3/c1-2-11-33(12-3-1)45-39-15-7-9-17-43(39)50-47-40(45)25-22-34-24-29-44(49-46(34)47)38-27-26-35(36-13-5-6-14-37(36)38)30-18-20-32(21-19-30)42-28-23-31-10-4-8-16-41(31)48-42;1-2-9-33(10-3-1)45-39-11-5-7-13-44(39)50-47-40(45)25-22-34-24-27-43(49-46(34)47)38-21-20-36-28-35(18-19-37(36)29-38)30-14-16-32(17-15-30)42-26-23-31-8-4-6-12-41(31)48-42/h2*1-29H. The van der Waals surface area contributed by atoms with Gasteiger partial charge in [-0.1, -0.05) is 291 Å². The number of fused-ring (bicyclic) bond motifs is 12. The molecular formula is C94H58N6. The first-order valence-corrected chi connectivity index (χ1v) is 33.9. The maximum absolute atomic E-state index is 5.37. The average Bonchev–Trinajstić information content (AvgIpc) is 0.747. The highest BCUT2D eigenvalue weighted by Crippen LogP contribution is 2.42. The Bertz CT molecular complexity index is 6630. The van der Waals surface area contributed by atoms with Crippen LogP contribution in [0.4, 0.5) is 0 Å². The van der Waals surface area contributed by atoms with Crippen molar-refractivity contribution in [3.63, 3.8) is 0 Å². The Morgan fingerprint density at radius 2 is 0.510 bits per heavy atom. The summed E-state index contributed by atoms with van der Waals surface area (Å²) in [4.78, 5) is 30.8. The first-order valence-electron chi connectivity index (χ1n) is 33.9. The summed E-state index contributed by atoms with van der Waals surface area (Å²) in [5.41, 5.74) is 25.3. The lowest BCUT2D eigenvalue weighted by Crippen LogP contribution is -1.93. The molecule has 0 unspecified atom stereocenters. The zero-order valence-corrected chi connectivity index (χ0v) is 54.2. The molecule has 6 heteroatoms. The van der Waals surface area contributed by atoms with Crippen molar-refractivity contribution < 1.29 is 0 Å². The fraction of sp³-hybridized carbons (Fsp3) is 0. The van der Waals surface area contributed by atoms with Crippen LogP contribution in [-0.2, 0) is 0 Å². The Labute approximate surface area is 576 Å². The van der Waals surface area contributed by atoms with Gasteiger partial charge >= 0.3 is 0 Å². The molecule has 464 valence electrons. The lowest BCUT2D eigenvalue weighted by Gasteiger charge is -2.14. The second-order valence-corrected chi connectivity index (χ2v) is 25.6. The van der Waals surface area contributed by atoms with E-state index < -0.39 is 0 Å². The second kappa shape index (κ2) is 24.3. The minimum Gasteiger partial charge on any atom is -0.248 e. The monoisotopic (exact) mass is 1270 g/mol. The molecule has 0 aliphatic heterocycles. The van der Waals surface area contributed by atoms with Crippen LogP contribution in [0.3, 0.4) is 0 Å². The van der Waals surface area contributed by atoms with Gasteiger partial charge in [0.1, 0.15) is 0 Å². The second-order valence-electron chi connectivity index (χ2n) is 25.6. The van der Waals surface area contributed by atoms with Gasteiger partial charge in [0.25, 0.3) is 0 Å². The Balaban J connectivity index is 0.000000139. The fourth-order valence-corrected chi connectivity index (χ4v) is 14.7. The first kappa shape index (κ1) is 58.0. The highest BCUT2D eigenvalue weighted by molar-refractivity contribution is 6.18. The van der Waals surface area contributed by atoms with Crippen molar-refractivity contribution in [1.29, 1.82) is 0 Å². The number of benzene rings is 14. The Hall–Kier alpha value is -13.4. The van der Waals surface area contributed by atoms with E-state index in [9.17, 15) is 0 Å². The van der Waals surface area contributed by atoms with Crippen LogP contribution in [0.15, 0.2) is 352 Å². The van der Waals surface area contributed by atoms with Gasteiger partial charge < -0.3 is 0 Å². The van der Waals surface area contributed by atoms with Crippen molar-refractivity contribution in [2.45, 2.75) is 0 Å². The van der Waals surface area contributed by atoms with E-state index in [1.54, 1.807) is 0 Å². The van der Waals surface area contributed by atoms with E-state index in [0.717, 1.165) is 132 Å². The molecule has 6 heterocycles. The van der Waals surface area contributed by atoms with Gasteiger partial charge in [0, 0.05) is 76.5 Å². The van der Waals surface area contributed by atoms with Crippen LogP contribution in [-0.4, -0.2) is 29.9 Å². The largest absolute Gasteiger partial charge is 0.248 e. The number of para-hydroxylation sites is 4. The van der Waals surface area contributed by atoms with Crippen LogP contribution >= 0.6 is 0 Å². The molecular weight excluding hydrogens is 1210 g/mol. The highest BCUT2D eigenvalue weighted by atomic mass is 14.8. The molecule has 14 aromatic carbocycles. The topological polar surface area (TPSA) is 77.3 Å². The normalized spacial score (nSPS) is 11.6. The summed E-state index contributed by atoms with van der Waals surface area (Å²) < 4.78 is 0. The van der Waals surface area contributed by atoms with Gasteiger partial charge in [-0.3, -0.25) is 0 Å². The maximum Gasteiger partial charge on any atom is 0.0978 e. The number of pyridine rings is 6. The summed E-state index contributed by atoms with van der Waals surface area (Å²) in [5.74, 6) is 0. The molecule has 0 atom stereocenters. The molecule has 20 aromatic rings. The van der Waals surface area contributed by atoms with Gasteiger partial charge in [0.15, 0.2) is 0 Å². The van der Waals surface area contributed by atoms with E-state index in [1.807, 2.05) is 24.3 Å². The summed E-state index contributed by atoms with van der Waals surface area (Å²) in [7, 11) is 0. The molecule has 0 aliphatic rings. The third-order valence-electron chi connectivity index (χ3n) is 19.7. The van der Waals surface area contributed by atoms with E-state index in [4.69, 9.17) is 29.9 Å². The van der Waals surface area contributed by atoms with Crippen LogP contribution in [0.5, 0.6) is 0 Å². The third-order valence-corrected chi connectivity index (χ3v) is 19.7. The van der Waals surface area contributed by atoms with Crippen LogP contribution in [0.25, 0.3) is 198 Å². The molecule has 0 radical (unpaired) electrons. The van der Waals surface area contributed by atoms with Crippen molar-refractivity contribution in [3.8, 4) is 89.5 Å². The third kappa shape index (κ3) is 10.4. The predicted molar refractivity (Wildman–Crippen MR) is 418 cm³/mol. The molecule has 6 nitrogen and oxygen atoms in total. The number of aromatic nitrogens is 6. The molecule has 6 aromatic heterocycles. The summed E-state index contributed by atoms with van der Waals surface area (Å²) >= 11 is 0. The van der Waals surface area contributed by atoms with Crippen LogP contribution in [0.2, 0.25) is 0 Å². The summed E-state index contributed by atoms with van der Waals surface area (Å²) in [5, 5.41) is 13.7. The molecule has 0 fully saturated rings. The Morgan fingerprint density at radius 3 is 1.05 bits per heavy atom. The number of rotatable bonds is 8. The number of nitrogens with zero attached hydrogens (tertiary/aromatic N) is 6. The summed E-state index contributed by atoms with van der Waals surface area (Å²) in [6.45, 7) is 0. The van der Waals surface area contributed by atoms with E-state index in [1.165, 1.54) is 66.1 Å². The van der Waals surface area contributed by atoms with E-state index in [-0.39, 0.29) is 0 Å². The molecule has 0 N–H and O–H groups in total. The van der Waals surface area contributed by atoms with Crippen molar-refractivity contribution >= 4 is 109 Å². The van der Waals surface area contributed by atoms with Crippen molar-refractivity contribution in [3.05, 3.63) is 352 Å². The predicted octanol–water partition coefficient (Wildman–Crippen LogP) is 24.6. The van der Waals surface area contributed by atoms with Crippen LogP contribution < -0.4 is 0 Å². The van der Waals surface area contributed by atoms with E-state index in [0.29, 0.717) is 0 Å². The molecule has 0 spiro atoms. The van der Waals surface area contributed by atoms with E-state index in [2.05, 4.69) is 328 Å². The van der Waals surface area contributed by atoms with Crippen molar-refractivity contribution in [2.24, 2.45) is 0 Å². The SMILES string of the molecule is c1ccc(-c2c3ccccc3nc3c2ccc2ccc(-c4ccc(-c5ccc(-c6ccc7ccccc7n6)cc5)c5ccccc45)nc23)cc1.c1ccc(-c2c3ccccc3nc3c2ccc2ccc(-c4ccc5cc(-c6ccc(-c7ccc8ccccc8n7)cc6)ccc5c4)nc23)cc1. The van der Waals surface area contributed by atoms with Gasteiger partial charge in [0.2, 0.25) is 0 Å². The van der Waals surface area contributed by atoms with Gasteiger partial charge in [-0.15, -0.1) is 0 Å². The molecule has 20 rings (SSSR count). The first-order chi connectivity index (χ1) is 49.5. The maximum atomic E-state index is 5.37. The minimum absolute atomic E-state index is 0.911. The van der Waals surface area contributed by atoms with Crippen LogP contribution in [0.1, 0.15) is 0 Å². The van der Waals surface area contributed by atoms with Crippen LogP contribution in [0, 0.1) is 0 Å². The van der Waals surface area contributed by atoms with Crippen molar-refractivity contribution in [2.75, 3.05) is 0 Å². The van der Waals surface area contributed by atoms with Gasteiger partial charge in [-0.2, -0.15) is 0 Å². The fourth-order valence-electron chi connectivity index (χ4n) is 14.7. The smallest absolute Gasteiger partial charge is 0.0978 e. The number of hydrogen-bond donors (Lipinski definition) is 0. The van der Waals surface area contributed by atoms with Gasteiger partial charge in [0.05, 0.1) is 66.9 Å². The molecule has 0 aliphatic carbocycles. The summed E-state index contributed by atoms with van der Waals surface area (Å²) in [6.07, 6.45) is 0. The zero-order chi connectivity index (χ0) is 66.0. The molecule has 0 saturated carbocycles. The van der Waals surface area contributed by atoms with Gasteiger partial charge in [-0.05, 0) is 116 Å². The minimum atomic E-state index is 0.911. The Morgan fingerprint density at radius 1 is 0.150 bits per heavy atom. The molecule has 0 bridgehead atoms. The lowest BCUT2D eigenvalue weighted by molar-refractivity contribution is 1.39. The zero-order valence-electron chi connectivity index (χ0n) is 54.2. The van der Waals surface area contributed by atoms with Gasteiger partial charge in [-0.25, -0.2) is 29.9 Å². The Kier molecular flexibility index (Phi) is 14.1. The molecule has 0 amide bonds. The number of hydrogen-bond acceptors (Lipinski definition) is 6. The molecule has 0 saturated heterocycles. The highest BCUT2D eigenvalue weighted by Gasteiger charge is 2.19. The quantitative estimate of drug-likeness (QED) is 0.111.